The average molecular weight is 431 g/mol. The second-order valence-electron chi connectivity index (χ2n) is 7.69. The van der Waals surface area contributed by atoms with Gasteiger partial charge >= 0.3 is 0 Å². The maximum atomic E-state index is 13.2. The summed E-state index contributed by atoms with van der Waals surface area (Å²) >= 11 is 0. The van der Waals surface area contributed by atoms with E-state index in [4.69, 9.17) is 0 Å². The molecule has 0 radical (unpaired) electrons. The first-order chi connectivity index (χ1) is 15.4. The topological polar surface area (TPSA) is 78.5 Å². The fourth-order valence-corrected chi connectivity index (χ4v) is 3.68. The minimum absolute atomic E-state index is 0.0424. The molecule has 1 saturated heterocycles. The van der Waals surface area contributed by atoms with Gasteiger partial charge in [-0.25, -0.2) is 4.39 Å². The second-order valence-corrected chi connectivity index (χ2v) is 7.69. The molecule has 32 heavy (non-hydrogen) atoms. The summed E-state index contributed by atoms with van der Waals surface area (Å²) in [7, 11) is 0. The fourth-order valence-electron chi connectivity index (χ4n) is 3.68. The van der Waals surface area contributed by atoms with E-state index >= 15 is 0 Å². The van der Waals surface area contributed by atoms with Crippen molar-refractivity contribution >= 4 is 34.8 Å². The van der Waals surface area contributed by atoms with E-state index < -0.39 is 11.7 Å². The Morgan fingerprint density at radius 1 is 0.906 bits per heavy atom. The lowest BCUT2D eigenvalue weighted by Gasteiger charge is -2.17. The van der Waals surface area contributed by atoms with Crippen LogP contribution in [0.5, 0.6) is 0 Å². The number of carbonyl (C=O) groups excluding carboxylic acids is 3. The van der Waals surface area contributed by atoms with Crippen LogP contribution in [0.1, 0.15) is 22.3 Å². The Morgan fingerprint density at radius 2 is 1.56 bits per heavy atom. The van der Waals surface area contributed by atoms with E-state index in [1.165, 1.54) is 29.2 Å². The number of carbonyl (C=O) groups is 3. The number of anilines is 3. The molecule has 0 saturated carbocycles. The van der Waals surface area contributed by atoms with Gasteiger partial charge in [-0.05, 0) is 55.0 Å². The number of para-hydroxylation sites is 2. The highest BCUT2D eigenvalue weighted by Crippen LogP contribution is 2.27. The molecule has 1 fully saturated rings. The van der Waals surface area contributed by atoms with Gasteiger partial charge in [0.1, 0.15) is 5.82 Å². The molecule has 3 aromatic rings. The third-order valence-electron chi connectivity index (χ3n) is 5.46. The molecular formula is C25H22FN3O3. The number of aryl methyl sites for hydroxylation is 1. The number of nitrogens with zero attached hydrogens (tertiary/aromatic N) is 1. The van der Waals surface area contributed by atoms with Gasteiger partial charge in [-0.1, -0.05) is 30.3 Å². The number of hydrogen-bond acceptors (Lipinski definition) is 3. The zero-order valence-corrected chi connectivity index (χ0v) is 17.5. The van der Waals surface area contributed by atoms with Crippen molar-refractivity contribution in [3.63, 3.8) is 0 Å². The van der Waals surface area contributed by atoms with Gasteiger partial charge < -0.3 is 15.5 Å². The molecule has 3 amide bonds. The summed E-state index contributed by atoms with van der Waals surface area (Å²) in [6, 6.07) is 19.7. The number of halogens is 1. The molecule has 0 spiro atoms. The summed E-state index contributed by atoms with van der Waals surface area (Å²) < 4.78 is 13.2. The summed E-state index contributed by atoms with van der Waals surface area (Å²) in [5.41, 5.74) is 2.85. The van der Waals surface area contributed by atoms with E-state index in [0.29, 0.717) is 22.6 Å². The average Bonchev–Trinajstić information content (AvgIpc) is 3.18. The Kier molecular flexibility index (Phi) is 5.98. The van der Waals surface area contributed by atoms with Crippen LogP contribution in [0.15, 0.2) is 72.8 Å². The maximum Gasteiger partial charge on any atom is 0.257 e. The van der Waals surface area contributed by atoms with Crippen LogP contribution in [-0.4, -0.2) is 24.3 Å². The monoisotopic (exact) mass is 431 g/mol. The number of benzene rings is 3. The van der Waals surface area contributed by atoms with Crippen molar-refractivity contribution in [2.75, 3.05) is 22.1 Å². The third kappa shape index (κ3) is 4.51. The van der Waals surface area contributed by atoms with Gasteiger partial charge in [0, 0.05) is 24.3 Å². The van der Waals surface area contributed by atoms with Gasteiger partial charge in [0.15, 0.2) is 0 Å². The van der Waals surface area contributed by atoms with Gasteiger partial charge in [-0.15, -0.1) is 0 Å². The summed E-state index contributed by atoms with van der Waals surface area (Å²) in [6.07, 6.45) is 0.0424. The van der Waals surface area contributed by atoms with Crippen molar-refractivity contribution in [1.82, 2.24) is 0 Å². The quantitative estimate of drug-likeness (QED) is 0.629. The van der Waals surface area contributed by atoms with Crippen LogP contribution in [0.2, 0.25) is 0 Å². The number of rotatable bonds is 5. The Hall–Kier alpha value is -4.00. The molecule has 162 valence electrons. The van der Waals surface area contributed by atoms with E-state index in [1.54, 1.807) is 24.3 Å². The molecule has 7 heteroatoms. The van der Waals surface area contributed by atoms with Crippen LogP contribution in [0, 0.1) is 18.7 Å². The van der Waals surface area contributed by atoms with Gasteiger partial charge in [0.05, 0.1) is 17.2 Å². The normalized spacial score (nSPS) is 15.5. The van der Waals surface area contributed by atoms with Crippen LogP contribution in [0.4, 0.5) is 21.5 Å². The van der Waals surface area contributed by atoms with Crippen molar-refractivity contribution in [2.45, 2.75) is 13.3 Å². The van der Waals surface area contributed by atoms with Crippen LogP contribution >= 0.6 is 0 Å². The minimum Gasteiger partial charge on any atom is -0.325 e. The van der Waals surface area contributed by atoms with E-state index in [9.17, 15) is 18.8 Å². The van der Waals surface area contributed by atoms with E-state index in [1.807, 2.05) is 31.2 Å². The second kappa shape index (κ2) is 9.01. The SMILES string of the molecule is Cc1ccccc1NC(=O)c1ccccc1NC(=O)[C@H]1CC(=O)N(c2ccc(F)cc2)C1. The highest BCUT2D eigenvalue weighted by Gasteiger charge is 2.35. The molecule has 0 unspecified atom stereocenters. The zero-order chi connectivity index (χ0) is 22.7. The highest BCUT2D eigenvalue weighted by atomic mass is 19.1. The Labute approximate surface area is 185 Å². The highest BCUT2D eigenvalue weighted by molar-refractivity contribution is 6.11. The van der Waals surface area contributed by atoms with Gasteiger partial charge in [0.25, 0.3) is 5.91 Å². The van der Waals surface area contributed by atoms with Crippen molar-refractivity contribution < 1.29 is 18.8 Å². The van der Waals surface area contributed by atoms with Gasteiger partial charge in [0.2, 0.25) is 11.8 Å². The van der Waals surface area contributed by atoms with Gasteiger partial charge in [-0.2, -0.15) is 0 Å². The summed E-state index contributed by atoms with van der Waals surface area (Å²) in [5, 5.41) is 5.66. The van der Waals surface area contributed by atoms with E-state index in [0.717, 1.165) is 5.56 Å². The maximum absolute atomic E-state index is 13.2. The molecule has 1 aliphatic heterocycles. The van der Waals surface area contributed by atoms with Crippen molar-refractivity contribution in [3.05, 3.63) is 89.7 Å². The standard InChI is InChI=1S/C25H22FN3O3/c1-16-6-2-4-8-21(16)27-25(32)20-7-3-5-9-22(20)28-24(31)17-14-23(30)29(15-17)19-12-10-18(26)11-13-19/h2-13,17H,14-15H2,1H3,(H,27,32)(H,28,31)/t17-/m0/s1. The van der Waals surface area contributed by atoms with Crippen molar-refractivity contribution in [2.24, 2.45) is 5.92 Å². The van der Waals surface area contributed by atoms with E-state index in [2.05, 4.69) is 10.6 Å². The lowest BCUT2D eigenvalue weighted by molar-refractivity contribution is -0.122. The first-order valence-corrected chi connectivity index (χ1v) is 10.2. The lowest BCUT2D eigenvalue weighted by Crippen LogP contribution is -2.28. The molecule has 2 N–H and O–H groups in total. The van der Waals surface area contributed by atoms with Crippen LogP contribution in [-0.2, 0) is 9.59 Å². The Bertz CT molecular complexity index is 1180. The predicted molar refractivity (Wildman–Crippen MR) is 121 cm³/mol. The molecule has 6 nitrogen and oxygen atoms in total. The summed E-state index contributed by atoms with van der Waals surface area (Å²) in [4.78, 5) is 39.6. The predicted octanol–water partition coefficient (Wildman–Crippen LogP) is 4.38. The number of hydrogen-bond donors (Lipinski definition) is 2. The Balaban J connectivity index is 1.47. The fraction of sp³-hybridized carbons (Fsp3) is 0.160. The first kappa shape index (κ1) is 21.2. The molecule has 1 heterocycles. The largest absolute Gasteiger partial charge is 0.325 e. The number of amides is 3. The van der Waals surface area contributed by atoms with Crippen LogP contribution in [0.25, 0.3) is 0 Å². The molecule has 1 aliphatic rings. The molecule has 1 atom stereocenters. The molecule has 4 rings (SSSR count). The van der Waals surface area contributed by atoms with E-state index in [-0.39, 0.29) is 30.7 Å². The molecule has 0 bridgehead atoms. The van der Waals surface area contributed by atoms with Crippen molar-refractivity contribution in [3.8, 4) is 0 Å². The summed E-state index contributed by atoms with van der Waals surface area (Å²) in [5.74, 6) is -1.87. The van der Waals surface area contributed by atoms with Crippen LogP contribution < -0.4 is 15.5 Å². The first-order valence-electron chi connectivity index (χ1n) is 10.2. The van der Waals surface area contributed by atoms with Gasteiger partial charge in [-0.3, -0.25) is 14.4 Å². The number of nitrogens with one attached hydrogen (secondary N) is 2. The Morgan fingerprint density at radius 3 is 2.28 bits per heavy atom. The third-order valence-corrected chi connectivity index (χ3v) is 5.46. The smallest absolute Gasteiger partial charge is 0.257 e. The minimum atomic E-state index is -0.583. The molecular weight excluding hydrogens is 409 g/mol. The molecule has 0 aliphatic carbocycles. The zero-order valence-electron chi connectivity index (χ0n) is 17.5. The lowest BCUT2D eigenvalue weighted by atomic mass is 10.1. The van der Waals surface area contributed by atoms with Crippen LogP contribution in [0.3, 0.4) is 0 Å². The van der Waals surface area contributed by atoms with Crippen molar-refractivity contribution in [1.29, 1.82) is 0 Å². The molecule has 3 aromatic carbocycles. The summed E-state index contributed by atoms with van der Waals surface area (Å²) in [6.45, 7) is 2.08. The molecule has 0 aromatic heterocycles.